The molecule has 0 bridgehead atoms. The lowest BCUT2D eigenvalue weighted by Gasteiger charge is -2.14. The predicted molar refractivity (Wildman–Crippen MR) is 106 cm³/mol. The van der Waals surface area contributed by atoms with Gasteiger partial charge in [-0.3, -0.25) is 4.79 Å². The van der Waals surface area contributed by atoms with E-state index in [4.69, 9.17) is 4.42 Å². The number of hydrogen-bond donors (Lipinski definition) is 1. The van der Waals surface area contributed by atoms with Gasteiger partial charge in [-0.25, -0.2) is 0 Å². The van der Waals surface area contributed by atoms with E-state index in [1.54, 1.807) is 6.26 Å². The number of nitrogens with one attached hydrogen (secondary N) is 1. The Hall–Kier alpha value is -2.55. The van der Waals surface area contributed by atoms with E-state index in [1.807, 2.05) is 0 Å². The molecule has 0 atom stereocenters. The molecule has 1 aliphatic rings. The molecule has 0 fully saturated rings. The summed E-state index contributed by atoms with van der Waals surface area (Å²) < 4.78 is 5.74. The van der Waals surface area contributed by atoms with Gasteiger partial charge in [-0.1, -0.05) is 32.0 Å². The number of para-hydroxylation sites is 1. The minimum absolute atomic E-state index is 0.0174. The number of carbonyl (C=O) groups is 1. The lowest BCUT2D eigenvalue weighted by molar-refractivity contribution is -0.115. The number of carbonyl (C=O) groups excluding carboxylic acids is 1. The van der Waals surface area contributed by atoms with Crippen LogP contribution < -0.4 is 5.32 Å². The minimum atomic E-state index is 0.0174. The highest BCUT2D eigenvalue weighted by molar-refractivity contribution is 5.96. The van der Waals surface area contributed by atoms with Crippen molar-refractivity contribution in [1.82, 2.24) is 0 Å². The third kappa shape index (κ3) is 3.03. The van der Waals surface area contributed by atoms with E-state index < -0.39 is 0 Å². The molecule has 1 aromatic heterocycles. The van der Waals surface area contributed by atoms with Crippen molar-refractivity contribution in [3.05, 3.63) is 64.4 Å². The fraction of sp³-hybridized carbons (Fsp3) is 0.348. The zero-order valence-electron chi connectivity index (χ0n) is 15.5. The van der Waals surface area contributed by atoms with E-state index in [-0.39, 0.29) is 5.91 Å². The maximum absolute atomic E-state index is 12.7. The summed E-state index contributed by atoms with van der Waals surface area (Å²) in [6, 6.07) is 10.6. The zero-order chi connectivity index (χ0) is 18.1. The van der Waals surface area contributed by atoms with Crippen LogP contribution in [0.5, 0.6) is 0 Å². The van der Waals surface area contributed by atoms with Crippen LogP contribution in [0.25, 0.3) is 11.0 Å². The quantitative estimate of drug-likeness (QED) is 0.687. The average molecular weight is 347 g/mol. The first-order valence-electron chi connectivity index (χ1n) is 9.62. The van der Waals surface area contributed by atoms with E-state index >= 15 is 0 Å². The van der Waals surface area contributed by atoms with E-state index in [9.17, 15) is 4.79 Å². The van der Waals surface area contributed by atoms with E-state index in [0.29, 0.717) is 6.42 Å². The van der Waals surface area contributed by atoms with Crippen LogP contribution in [0.15, 0.2) is 41.0 Å². The molecule has 134 valence electrons. The second-order valence-electron chi connectivity index (χ2n) is 7.11. The predicted octanol–water partition coefficient (Wildman–Crippen LogP) is 5.23. The molecule has 1 heterocycles. The van der Waals surface area contributed by atoms with Gasteiger partial charge in [0.05, 0.1) is 12.7 Å². The molecule has 0 saturated heterocycles. The molecule has 1 N–H and O–H groups in total. The molecule has 0 saturated carbocycles. The summed E-state index contributed by atoms with van der Waals surface area (Å²) in [6.45, 7) is 4.24. The Morgan fingerprint density at radius 2 is 1.73 bits per heavy atom. The van der Waals surface area contributed by atoms with Crippen LogP contribution >= 0.6 is 0 Å². The van der Waals surface area contributed by atoms with Crippen LogP contribution in [0.1, 0.15) is 48.1 Å². The second kappa shape index (κ2) is 6.99. The molecular formula is C23H25NO2. The summed E-state index contributed by atoms with van der Waals surface area (Å²) >= 11 is 0. The van der Waals surface area contributed by atoms with Crippen LogP contribution in [-0.2, 0) is 36.9 Å². The number of benzene rings is 2. The first-order valence-corrected chi connectivity index (χ1v) is 9.62. The number of amides is 1. The van der Waals surface area contributed by atoms with E-state index in [1.165, 1.54) is 28.7 Å². The maximum atomic E-state index is 12.7. The van der Waals surface area contributed by atoms with Crippen LogP contribution in [0.4, 0.5) is 5.69 Å². The zero-order valence-corrected chi connectivity index (χ0v) is 15.5. The standard InChI is InChI=1S/C23H25NO2/c1-3-15-7-5-8-16(4-2)23(15)24-22(25)13-19-14-26-21-12-18-10-6-9-17(18)11-20(19)21/h5,7-8,11-12,14H,3-4,6,9-10,13H2,1-2H3,(H,24,25). The Bertz CT molecular complexity index is 945. The lowest BCUT2D eigenvalue weighted by atomic mass is 10.0. The van der Waals surface area contributed by atoms with Crippen LogP contribution in [0, 0.1) is 0 Å². The van der Waals surface area contributed by atoms with Gasteiger partial charge in [0.25, 0.3) is 0 Å². The summed E-state index contributed by atoms with van der Waals surface area (Å²) in [5.74, 6) is 0.0174. The fourth-order valence-electron chi connectivity index (χ4n) is 4.04. The van der Waals surface area contributed by atoms with Crippen molar-refractivity contribution in [3.8, 4) is 0 Å². The van der Waals surface area contributed by atoms with Gasteiger partial charge in [-0.05, 0) is 66.5 Å². The molecule has 2 aromatic carbocycles. The average Bonchev–Trinajstić information content (AvgIpc) is 3.26. The largest absolute Gasteiger partial charge is 0.464 e. The number of hydrogen-bond acceptors (Lipinski definition) is 2. The first kappa shape index (κ1) is 16.9. The Balaban J connectivity index is 1.59. The number of aryl methyl sites for hydroxylation is 4. The highest BCUT2D eigenvalue weighted by Crippen LogP contribution is 2.31. The third-order valence-corrected chi connectivity index (χ3v) is 5.48. The molecule has 0 spiro atoms. The molecule has 3 heteroatoms. The van der Waals surface area contributed by atoms with Gasteiger partial charge in [0, 0.05) is 16.6 Å². The highest BCUT2D eigenvalue weighted by atomic mass is 16.3. The van der Waals surface area contributed by atoms with Gasteiger partial charge in [-0.2, -0.15) is 0 Å². The Kier molecular flexibility index (Phi) is 4.54. The summed E-state index contributed by atoms with van der Waals surface area (Å²) in [7, 11) is 0. The van der Waals surface area contributed by atoms with Crippen molar-refractivity contribution in [2.75, 3.05) is 5.32 Å². The van der Waals surface area contributed by atoms with Gasteiger partial charge in [0.2, 0.25) is 5.91 Å². The molecule has 0 unspecified atom stereocenters. The maximum Gasteiger partial charge on any atom is 0.228 e. The van der Waals surface area contributed by atoms with Gasteiger partial charge >= 0.3 is 0 Å². The topological polar surface area (TPSA) is 42.2 Å². The van der Waals surface area contributed by atoms with Gasteiger partial charge < -0.3 is 9.73 Å². The smallest absolute Gasteiger partial charge is 0.228 e. The van der Waals surface area contributed by atoms with Crippen molar-refractivity contribution in [3.63, 3.8) is 0 Å². The lowest BCUT2D eigenvalue weighted by Crippen LogP contribution is -2.16. The molecule has 26 heavy (non-hydrogen) atoms. The Morgan fingerprint density at radius 1 is 1.04 bits per heavy atom. The fourth-order valence-corrected chi connectivity index (χ4v) is 4.04. The number of anilines is 1. The van der Waals surface area contributed by atoms with Gasteiger partial charge in [-0.15, -0.1) is 0 Å². The minimum Gasteiger partial charge on any atom is -0.464 e. The van der Waals surface area contributed by atoms with Crippen molar-refractivity contribution in [1.29, 1.82) is 0 Å². The van der Waals surface area contributed by atoms with Gasteiger partial charge in [0.15, 0.2) is 0 Å². The molecule has 4 rings (SSSR count). The van der Waals surface area contributed by atoms with E-state index in [2.05, 4.69) is 49.5 Å². The number of rotatable bonds is 5. The number of fused-ring (bicyclic) bond motifs is 2. The van der Waals surface area contributed by atoms with E-state index in [0.717, 1.165) is 47.9 Å². The molecular weight excluding hydrogens is 322 g/mol. The van der Waals surface area contributed by atoms with Crippen LogP contribution in [-0.4, -0.2) is 5.91 Å². The SMILES string of the molecule is CCc1cccc(CC)c1NC(=O)Cc1coc2cc3c(cc12)CCC3. The molecule has 1 amide bonds. The normalized spacial score (nSPS) is 13.2. The summed E-state index contributed by atoms with van der Waals surface area (Å²) in [4.78, 5) is 12.7. The molecule has 3 nitrogen and oxygen atoms in total. The van der Waals surface area contributed by atoms with Crippen molar-refractivity contribution >= 4 is 22.6 Å². The van der Waals surface area contributed by atoms with Crippen molar-refractivity contribution in [2.24, 2.45) is 0 Å². The van der Waals surface area contributed by atoms with Crippen LogP contribution in [0.2, 0.25) is 0 Å². The monoisotopic (exact) mass is 347 g/mol. The Labute approximate surface area is 154 Å². The van der Waals surface area contributed by atoms with Crippen LogP contribution in [0.3, 0.4) is 0 Å². The van der Waals surface area contributed by atoms with Crippen molar-refractivity contribution < 1.29 is 9.21 Å². The highest BCUT2D eigenvalue weighted by Gasteiger charge is 2.17. The molecule has 0 radical (unpaired) electrons. The van der Waals surface area contributed by atoms with Gasteiger partial charge in [0.1, 0.15) is 5.58 Å². The molecule has 0 aliphatic heterocycles. The summed E-state index contributed by atoms with van der Waals surface area (Å²) in [5, 5.41) is 4.24. The number of furan rings is 1. The third-order valence-electron chi connectivity index (χ3n) is 5.48. The van der Waals surface area contributed by atoms with Crippen molar-refractivity contribution in [2.45, 2.75) is 52.4 Å². The molecule has 3 aromatic rings. The Morgan fingerprint density at radius 3 is 2.42 bits per heavy atom. The summed E-state index contributed by atoms with van der Waals surface area (Å²) in [6.07, 6.45) is 7.37. The first-order chi connectivity index (χ1) is 12.7. The second-order valence-corrected chi connectivity index (χ2v) is 7.11. The summed E-state index contributed by atoms with van der Waals surface area (Å²) in [5.41, 5.74) is 8.03. The molecule has 1 aliphatic carbocycles.